The number of likely N-dealkylation sites (tertiary alicyclic amines) is 1. The SMILES string of the molecule is C=CCCC(=O)N[C@H](C)[C@@H](OC(=O)[C@H]1[C@@H]2O[C@@]3(CC2Br)[C@@H]1C(=O)N([C@@H](CO)[C@@H](C)CC)[C@@H]3C(=O)N(CC=C)CCCC)c1ccccc1. The van der Waals surface area contributed by atoms with Crippen molar-refractivity contribution in [2.24, 2.45) is 17.8 Å². The number of unbranched alkanes of at least 4 members (excludes halogenated alkanes) is 1. The Morgan fingerprint density at radius 3 is 2.52 bits per heavy atom. The molecule has 0 aliphatic carbocycles. The van der Waals surface area contributed by atoms with E-state index in [0.29, 0.717) is 37.9 Å². The van der Waals surface area contributed by atoms with Crippen LogP contribution in [0.4, 0.5) is 0 Å². The Morgan fingerprint density at radius 2 is 1.92 bits per heavy atom. The number of carbonyl (C=O) groups is 4. The number of aliphatic hydroxyl groups excluding tert-OH is 1. The van der Waals surface area contributed by atoms with Crippen LogP contribution in [-0.4, -0.2) is 93.0 Å². The molecule has 0 aromatic heterocycles. The molecule has 1 unspecified atom stereocenters. The monoisotopic (exact) mass is 729 g/mol. The molecule has 4 rings (SSSR count). The molecule has 3 heterocycles. The van der Waals surface area contributed by atoms with Gasteiger partial charge in [0.25, 0.3) is 0 Å². The van der Waals surface area contributed by atoms with Gasteiger partial charge in [-0.05, 0) is 37.7 Å². The lowest BCUT2D eigenvalue weighted by Crippen LogP contribution is -2.60. The lowest BCUT2D eigenvalue weighted by Gasteiger charge is -2.41. The van der Waals surface area contributed by atoms with Crippen molar-refractivity contribution < 1.29 is 33.8 Å². The van der Waals surface area contributed by atoms with E-state index < -0.39 is 53.7 Å². The third-order valence-corrected chi connectivity index (χ3v) is 11.2. The molecule has 3 aliphatic rings. The predicted octanol–water partition coefficient (Wildman–Crippen LogP) is 4.71. The maximum absolute atomic E-state index is 14.7. The lowest BCUT2D eigenvalue weighted by atomic mass is 9.70. The molecule has 3 amide bonds. The summed E-state index contributed by atoms with van der Waals surface area (Å²) in [6.07, 6.45) is 5.21. The topological polar surface area (TPSA) is 125 Å². The van der Waals surface area contributed by atoms with Crippen molar-refractivity contribution in [2.75, 3.05) is 19.7 Å². The Morgan fingerprint density at radius 1 is 1.21 bits per heavy atom. The summed E-state index contributed by atoms with van der Waals surface area (Å²) in [7, 11) is 0. The van der Waals surface area contributed by atoms with Crippen LogP contribution in [0.5, 0.6) is 0 Å². The van der Waals surface area contributed by atoms with Gasteiger partial charge in [-0.25, -0.2) is 0 Å². The minimum atomic E-state index is -1.30. The summed E-state index contributed by atoms with van der Waals surface area (Å²) in [5.74, 6) is -3.59. The van der Waals surface area contributed by atoms with Gasteiger partial charge in [0, 0.05) is 24.3 Å². The van der Waals surface area contributed by atoms with Crippen LogP contribution in [0.25, 0.3) is 0 Å². The fourth-order valence-electron chi connectivity index (χ4n) is 7.70. The van der Waals surface area contributed by atoms with E-state index in [1.807, 2.05) is 51.1 Å². The lowest BCUT2D eigenvalue weighted by molar-refractivity contribution is -0.163. The molecule has 0 saturated carbocycles. The number of halogens is 1. The van der Waals surface area contributed by atoms with Gasteiger partial charge in [0.2, 0.25) is 17.7 Å². The zero-order chi connectivity index (χ0) is 35.2. The van der Waals surface area contributed by atoms with Gasteiger partial charge in [-0.3, -0.25) is 19.2 Å². The highest BCUT2D eigenvalue weighted by molar-refractivity contribution is 9.09. The van der Waals surface area contributed by atoms with Crippen molar-refractivity contribution in [3.8, 4) is 0 Å². The largest absolute Gasteiger partial charge is 0.455 e. The molecule has 3 aliphatic heterocycles. The molecule has 48 heavy (non-hydrogen) atoms. The van der Waals surface area contributed by atoms with Crippen LogP contribution in [0, 0.1) is 17.8 Å². The van der Waals surface area contributed by atoms with E-state index in [9.17, 15) is 24.3 Å². The molecule has 1 spiro atoms. The van der Waals surface area contributed by atoms with Gasteiger partial charge in [-0.1, -0.05) is 92.0 Å². The van der Waals surface area contributed by atoms with Crippen molar-refractivity contribution in [3.63, 3.8) is 0 Å². The zero-order valence-corrected chi connectivity index (χ0v) is 30.3. The Bertz CT molecular complexity index is 1330. The number of carbonyl (C=O) groups excluding carboxylic acids is 4. The molecule has 1 aromatic rings. The Labute approximate surface area is 293 Å². The zero-order valence-electron chi connectivity index (χ0n) is 28.7. The highest BCUT2D eigenvalue weighted by atomic mass is 79.9. The Balaban J connectivity index is 1.74. The summed E-state index contributed by atoms with van der Waals surface area (Å²) in [6.45, 7) is 15.7. The number of benzene rings is 1. The second kappa shape index (κ2) is 16.6. The van der Waals surface area contributed by atoms with E-state index >= 15 is 0 Å². The molecule has 3 saturated heterocycles. The molecular formula is C37H52BrN3O7. The van der Waals surface area contributed by atoms with E-state index in [1.54, 1.807) is 24.0 Å². The van der Waals surface area contributed by atoms with Gasteiger partial charge in [-0.15, -0.1) is 13.2 Å². The number of hydrogen-bond acceptors (Lipinski definition) is 7. The van der Waals surface area contributed by atoms with Crippen molar-refractivity contribution >= 4 is 39.6 Å². The van der Waals surface area contributed by atoms with Crippen LogP contribution >= 0.6 is 15.9 Å². The van der Waals surface area contributed by atoms with Crippen LogP contribution in [-0.2, 0) is 28.7 Å². The average molecular weight is 731 g/mol. The van der Waals surface area contributed by atoms with Gasteiger partial charge in [0.1, 0.15) is 17.7 Å². The Kier molecular flexibility index (Phi) is 13.1. The summed E-state index contributed by atoms with van der Waals surface area (Å²) < 4.78 is 13.0. The maximum Gasteiger partial charge on any atom is 0.313 e. The molecule has 2 bridgehead atoms. The number of nitrogens with one attached hydrogen (secondary N) is 1. The molecule has 1 aromatic carbocycles. The number of esters is 1. The molecule has 264 valence electrons. The number of aliphatic hydroxyl groups is 1. The quantitative estimate of drug-likeness (QED) is 0.127. The normalized spacial score (nSPS) is 28.2. The highest BCUT2D eigenvalue weighted by Gasteiger charge is 2.77. The van der Waals surface area contributed by atoms with E-state index in [1.165, 1.54) is 4.90 Å². The summed E-state index contributed by atoms with van der Waals surface area (Å²) in [6, 6.07) is 6.91. The molecule has 10 nitrogen and oxygen atoms in total. The molecule has 2 N–H and O–H groups in total. The van der Waals surface area contributed by atoms with Crippen LogP contribution in [0.3, 0.4) is 0 Å². The second-order valence-corrected chi connectivity index (χ2v) is 14.6. The standard InChI is InChI=1S/C37H52BrN3O7/c1-7-11-18-28(43)39-24(6)31(25-16-14-13-15-17-25)47-36(46)29-30-34(44)41(27(22-42)23(5)10-4)33(37(30)21-26(38)32(29)48-37)35(45)40(19-9-3)20-12-8-2/h7,9,13-17,23-24,26-27,29-33,42H,1,3,8,10-12,18-22H2,2,4-6H3,(H,39,43)/t23-,24+,26?,27-,29+,30-,31+,32+,33+,37-/m0/s1. The number of allylic oxidation sites excluding steroid dienone is 1. The van der Waals surface area contributed by atoms with Crippen molar-refractivity contribution in [1.82, 2.24) is 15.1 Å². The van der Waals surface area contributed by atoms with Gasteiger partial charge in [0.05, 0.1) is 36.6 Å². The predicted molar refractivity (Wildman–Crippen MR) is 187 cm³/mol. The summed E-state index contributed by atoms with van der Waals surface area (Å²) in [4.78, 5) is 59.3. The van der Waals surface area contributed by atoms with Gasteiger partial charge in [-0.2, -0.15) is 0 Å². The molecule has 11 heteroatoms. The first-order chi connectivity index (χ1) is 23.0. The number of nitrogens with zero attached hydrogens (tertiary/aromatic N) is 2. The molecule has 0 radical (unpaired) electrons. The van der Waals surface area contributed by atoms with E-state index in [2.05, 4.69) is 34.4 Å². The van der Waals surface area contributed by atoms with Gasteiger partial charge >= 0.3 is 5.97 Å². The van der Waals surface area contributed by atoms with E-state index in [0.717, 1.165) is 12.8 Å². The summed E-state index contributed by atoms with van der Waals surface area (Å²) in [5, 5.41) is 13.6. The van der Waals surface area contributed by atoms with Crippen LogP contribution in [0.2, 0.25) is 0 Å². The van der Waals surface area contributed by atoms with E-state index in [-0.39, 0.29) is 41.5 Å². The number of amides is 3. The minimum absolute atomic E-state index is 0.122. The maximum atomic E-state index is 14.7. The third-order valence-electron chi connectivity index (χ3n) is 10.3. The second-order valence-electron chi connectivity index (χ2n) is 13.4. The smallest absolute Gasteiger partial charge is 0.313 e. The van der Waals surface area contributed by atoms with Gasteiger partial charge in [0.15, 0.2) is 0 Å². The van der Waals surface area contributed by atoms with Crippen molar-refractivity contribution in [3.05, 3.63) is 61.2 Å². The number of alkyl halides is 1. The fourth-order valence-corrected chi connectivity index (χ4v) is 8.64. The highest BCUT2D eigenvalue weighted by Crippen LogP contribution is 2.61. The van der Waals surface area contributed by atoms with Crippen LogP contribution < -0.4 is 5.32 Å². The van der Waals surface area contributed by atoms with E-state index in [4.69, 9.17) is 9.47 Å². The van der Waals surface area contributed by atoms with Crippen molar-refractivity contribution in [2.45, 2.75) is 107 Å². The number of fused-ring (bicyclic) bond motifs is 1. The fraction of sp³-hybridized carbons (Fsp3) is 0.622. The summed E-state index contributed by atoms with van der Waals surface area (Å²) >= 11 is 3.74. The average Bonchev–Trinajstić information content (AvgIpc) is 3.68. The van der Waals surface area contributed by atoms with Crippen LogP contribution in [0.1, 0.15) is 77.9 Å². The molecule has 10 atom stereocenters. The first kappa shape index (κ1) is 37.8. The minimum Gasteiger partial charge on any atom is -0.455 e. The first-order valence-corrected chi connectivity index (χ1v) is 18.2. The van der Waals surface area contributed by atoms with Gasteiger partial charge < -0.3 is 29.7 Å². The number of rotatable bonds is 18. The number of ether oxygens (including phenoxy) is 2. The Hall–Kier alpha value is -3.02. The molecular weight excluding hydrogens is 678 g/mol. The molecule has 3 fully saturated rings. The van der Waals surface area contributed by atoms with Crippen molar-refractivity contribution in [1.29, 1.82) is 0 Å². The third kappa shape index (κ3) is 7.28. The van der Waals surface area contributed by atoms with Crippen LogP contribution in [0.15, 0.2) is 55.6 Å². The first-order valence-electron chi connectivity index (χ1n) is 17.3. The summed E-state index contributed by atoms with van der Waals surface area (Å²) in [5.41, 5.74) is -0.604. The number of hydrogen-bond donors (Lipinski definition) is 2.